The van der Waals surface area contributed by atoms with Crippen molar-refractivity contribution in [3.63, 3.8) is 0 Å². The van der Waals surface area contributed by atoms with E-state index >= 15 is 0 Å². The minimum Gasteiger partial charge on any atom is -0.387 e. The molecule has 0 saturated carbocycles. The van der Waals surface area contributed by atoms with Gasteiger partial charge in [0.2, 0.25) is 0 Å². The molecule has 0 radical (unpaired) electrons. The first-order valence-corrected chi connectivity index (χ1v) is 7.24. The third kappa shape index (κ3) is 3.41. The van der Waals surface area contributed by atoms with E-state index < -0.39 is 0 Å². The summed E-state index contributed by atoms with van der Waals surface area (Å²) in [4.78, 5) is 9.29. The van der Waals surface area contributed by atoms with Gasteiger partial charge in [-0.2, -0.15) is 0 Å². The average Bonchev–Trinajstić information content (AvgIpc) is 2.41. The Hall–Kier alpha value is -1.33. The molecular formula is C15H27N5. The topological polar surface area (TPSA) is 43.4 Å². The molecule has 2 rings (SSSR count). The SMILES string of the molecule is CNc1cc(NCN2CCN(C)C(C)(C)C2)cnc1C. The van der Waals surface area contributed by atoms with Gasteiger partial charge in [0.15, 0.2) is 0 Å². The molecule has 0 aliphatic carbocycles. The Morgan fingerprint density at radius 3 is 2.75 bits per heavy atom. The quantitative estimate of drug-likeness (QED) is 0.879. The molecule has 5 nitrogen and oxygen atoms in total. The number of nitrogens with one attached hydrogen (secondary N) is 2. The molecule has 0 atom stereocenters. The van der Waals surface area contributed by atoms with Crippen LogP contribution < -0.4 is 10.6 Å². The fourth-order valence-electron chi connectivity index (χ4n) is 2.56. The van der Waals surface area contributed by atoms with Crippen LogP contribution in [0.2, 0.25) is 0 Å². The van der Waals surface area contributed by atoms with Gasteiger partial charge in [-0.1, -0.05) is 0 Å². The first kappa shape index (κ1) is 15.1. The summed E-state index contributed by atoms with van der Waals surface area (Å²) in [6, 6.07) is 2.11. The van der Waals surface area contributed by atoms with Gasteiger partial charge in [0, 0.05) is 32.2 Å². The minimum atomic E-state index is 0.238. The molecule has 1 fully saturated rings. The smallest absolute Gasteiger partial charge is 0.0679 e. The maximum Gasteiger partial charge on any atom is 0.0679 e. The maximum atomic E-state index is 4.40. The Bertz CT molecular complexity index is 458. The highest BCUT2D eigenvalue weighted by Crippen LogP contribution is 2.20. The molecule has 0 amide bonds. The normalized spacial score (nSPS) is 19.9. The zero-order valence-electron chi connectivity index (χ0n) is 13.3. The van der Waals surface area contributed by atoms with Gasteiger partial charge in [0.1, 0.15) is 0 Å². The lowest BCUT2D eigenvalue weighted by molar-refractivity contribution is 0.0441. The van der Waals surface area contributed by atoms with E-state index in [-0.39, 0.29) is 5.54 Å². The summed E-state index contributed by atoms with van der Waals surface area (Å²) in [6.45, 7) is 10.8. The van der Waals surface area contributed by atoms with Crippen molar-refractivity contribution in [3.8, 4) is 0 Å². The number of aryl methyl sites for hydroxylation is 1. The summed E-state index contributed by atoms with van der Waals surface area (Å²) in [7, 11) is 4.13. The molecule has 0 aromatic carbocycles. The summed E-state index contributed by atoms with van der Waals surface area (Å²) >= 11 is 0. The lowest BCUT2D eigenvalue weighted by Crippen LogP contribution is -2.58. The largest absolute Gasteiger partial charge is 0.387 e. The predicted octanol–water partition coefficient (Wildman–Crippen LogP) is 1.83. The molecule has 5 heteroatoms. The number of piperazine rings is 1. The molecule has 0 spiro atoms. The molecule has 1 aliphatic heterocycles. The van der Waals surface area contributed by atoms with Crippen LogP contribution in [-0.2, 0) is 0 Å². The highest BCUT2D eigenvalue weighted by molar-refractivity contribution is 5.57. The Balaban J connectivity index is 1.92. The molecule has 20 heavy (non-hydrogen) atoms. The molecule has 2 heterocycles. The van der Waals surface area contributed by atoms with Crippen molar-refractivity contribution in [2.45, 2.75) is 26.3 Å². The van der Waals surface area contributed by atoms with Gasteiger partial charge in [-0.25, -0.2) is 0 Å². The van der Waals surface area contributed by atoms with Crippen molar-refractivity contribution >= 4 is 11.4 Å². The standard InChI is InChI=1S/C15H27N5/c1-12-14(16-4)8-13(9-17-12)18-11-20-7-6-19(5)15(2,3)10-20/h8-9,16,18H,6-7,10-11H2,1-5H3. The number of rotatable bonds is 4. The van der Waals surface area contributed by atoms with Crippen molar-refractivity contribution < 1.29 is 0 Å². The van der Waals surface area contributed by atoms with E-state index in [1.807, 2.05) is 20.2 Å². The number of hydrogen-bond donors (Lipinski definition) is 2. The van der Waals surface area contributed by atoms with E-state index in [1.54, 1.807) is 0 Å². The van der Waals surface area contributed by atoms with Gasteiger partial charge in [0.25, 0.3) is 0 Å². The second-order valence-corrected chi connectivity index (χ2v) is 6.23. The van der Waals surface area contributed by atoms with Crippen molar-refractivity contribution in [3.05, 3.63) is 18.0 Å². The second-order valence-electron chi connectivity index (χ2n) is 6.23. The van der Waals surface area contributed by atoms with Crippen molar-refractivity contribution in [1.82, 2.24) is 14.8 Å². The van der Waals surface area contributed by atoms with Gasteiger partial charge in [-0.15, -0.1) is 0 Å². The van der Waals surface area contributed by atoms with Crippen LogP contribution in [0.5, 0.6) is 0 Å². The highest BCUT2D eigenvalue weighted by atomic mass is 15.3. The van der Waals surface area contributed by atoms with Crippen molar-refractivity contribution in [2.24, 2.45) is 0 Å². The molecule has 0 unspecified atom stereocenters. The van der Waals surface area contributed by atoms with E-state index in [9.17, 15) is 0 Å². The molecular weight excluding hydrogens is 250 g/mol. The molecule has 2 N–H and O–H groups in total. The molecule has 0 bridgehead atoms. The summed E-state index contributed by atoms with van der Waals surface area (Å²) in [5, 5.41) is 6.64. The first-order valence-electron chi connectivity index (χ1n) is 7.24. The van der Waals surface area contributed by atoms with Gasteiger partial charge in [0.05, 0.1) is 29.9 Å². The Labute approximate surface area is 122 Å². The number of hydrogen-bond acceptors (Lipinski definition) is 5. The zero-order valence-corrected chi connectivity index (χ0v) is 13.3. The number of pyridine rings is 1. The van der Waals surface area contributed by atoms with Crippen LogP contribution in [0.25, 0.3) is 0 Å². The Morgan fingerprint density at radius 2 is 2.10 bits per heavy atom. The maximum absolute atomic E-state index is 4.40. The second kappa shape index (κ2) is 5.97. The third-order valence-electron chi connectivity index (χ3n) is 4.26. The van der Waals surface area contributed by atoms with Gasteiger partial charge in [-0.3, -0.25) is 14.8 Å². The summed E-state index contributed by atoms with van der Waals surface area (Å²) in [6.07, 6.45) is 1.90. The van der Waals surface area contributed by atoms with Crippen LogP contribution in [0.4, 0.5) is 11.4 Å². The van der Waals surface area contributed by atoms with Crippen LogP contribution >= 0.6 is 0 Å². The number of anilines is 2. The molecule has 1 aromatic heterocycles. The molecule has 112 valence electrons. The fourth-order valence-corrected chi connectivity index (χ4v) is 2.56. The van der Waals surface area contributed by atoms with Crippen molar-refractivity contribution in [1.29, 1.82) is 0 Å². The number of aromatic nitrogens is 1. The van der Waals surface area contributed by atoms with E-state index in [2.05, 4.69) is 52.4 Å². The zero-order chi connectivity index (χ0) is 14.8. The minimum absolute atomic E-state index is 0.238. The highest BCUT2D eigenvalue weighted by Gasteiger charge is 2.30. The molecule has 1 saturated heterocycles. The van der Waals surface area contributed by atoms with Crippen LogP contribution in [0.3, 0.4) is 0 Å². The third-order valence-corrected chi connectivity index (χ3v) is 4.26. The van der Waals surface area contributed by atoms with E-state index in [0.29, 0.717) is 0 Å². The molecule has 1 aliphatic rings. The summed E-state index contributed by atoms with van der Waals surface area (Å²) < 4.78 is 0. The summed E-state index contributed by atoms with van der Waals surface area (Å²) in [5.74, 6) is 0. The lowest BCUT2D eigenvalue weighted by atomic mass is 10.0. The fraction of sp³-hybridized carbons (Fsp3) is 0.667. The van der Waals surface area contributed by atoms with E-state index in [4.69, 9.17) is 0 Å². The van der Waals surface area contributed by atoms with Crippen LogP contribution in [0.15, 0.2) is 12.3 Å². The van der Waals surface area contributed by atoms with Crippen LogP contribution in [0, 0.1) is 6.92 Å². The Kier molecular flexibility index (Phi) is 4.50. The summed E-state index contributed by atoms with van der Waals surface area (Å²) in [5.41, 5.74) is 3.41. The number of nitrogens with zero attached hydrogens (tertiary/aromatic N) is 3. The van der Waals surface area contributed by atoms with Gasteiger partial charge >= 0.3 is 0 Å². The van der Waals surface area contributed by atoms with Gasteiger partial charge in [-0.05, 0) is 33.9 Å². The van der Waals surface area contributed by atoms with Gasteiger partial charge < -0.3 is 10.6 Å². The molecule has 1 aromatic rings. The lowest BCUT2D eigenvalue weighted by Gasteiger charge is -2.45. The first-order chi connectivity index (χ1) is 9.42. The monoisotopic (exact) mass is 277 g/mol. The van der Waals surface area contributed by atoms with Crippen LogP contribution in [0.1, 0.15) is 19.5 Å². The number of likely N-dealkylation sites (N-methyl/N-ethyl adjacent to an activating group) is 1. The predicted molar refractivity (Wildman–Crippen MR) is 85.3 cm³/mol. The average molecular weight is 277 g/mol. The van der Waals surface area contributed by atoms with Crippen molar-refractivity contribution in [2.75, 3.05) is 51.0 Å². The Morgan fingerprint density at radius 1 is 1.35 bits per heavy atom. The van der Waals surface area contributed by atoms with E-state index in [0.717, 1.165) is 43.4 Å². The van der Waals surface area contributed by atoms with Crippen LogP contribution in [-0.4, -0.2) is 60.7 Å². The van der Waals surface area contributed by atoms with E-state index in [1.165, 1.54) is 0 Å².